The number of nitrogens with one attached hydrogen (secondary N) is 1. The first-order valence-corrected chi connectivity index (χ1v) is 13.7. The number of hydrogen-bond donors (Lipinski definition) is 2. The van der Waals surface area contributed by atoms with E-state index in [0.717, 1.165) is 36.9 Å². The molecule has 0 radical (unpaired) electrons. The van der Waals surface area contributed by atoms with Gasteiger partial charge in [-0.1, -0.05) is 27.7 Å². The third-order valence-electron chi connectivity index (χ3n) is 8.18. The van der Waals surface area contributed by atoms with Gasteiger partial charge in [0.05, 0.1) is 16.2 Å². The van der Waals surface area contributed by atoms with Crippen molar-refractivity contribution in [3.63, 3.8) is 0 Å². The van der Waals surface area contributed by atoms with E-state index >= 15 is 0 Å². The highest BCUT2D eigenvalue weighted by molar-refractivity contribution is 8.18. The second-order valence-corrected chi connectivity index (χ2v) is 12.8. The van der Waals surface area contributed by atoms with Crippen molar-refractivity contribution in [3.05, 3.63) is 56.4 Å². The Morgan fingerprint density at radius 3 is 2.54 bits per heavy atom. The number of H-pyrrole nitrogens is 1. The van der Waals surface area contributed by atoms with E-state index in [4.69, 9.17) is 9.52 Å². The van der Waals surface area contributed by atoms with E-state index in [2.05, 4.69) is 43.6 Å². The van der Waals surface area contributed by atoms with Crippen molar-refractivity contribution in [2.45, 2.75) is 51.4 Å². The summed E-state index contributed by atoms with van der Waals surface area (Å²) in [5.41, 5.74) is 4.99. The predicted molar refractivity (Wildman–Crippen MR) is 150 cm³/mol. The van der Waals surface area contributed by atoms with Gasteiger partial charge in [-0.3, -0.25) is 19.3 Å². The Bertz CT molecular complexity index is 1680. The Balaban J connectivity index is 1.43. The van der Waals surface area contributed by atoms with E-state index in [1.807, 2.05) is 6.07 Å². The molecule has 1 saturated heterocycles. The summed E-state index contributed by atoms with van der Waals surface area (Å²) in [5, 5.41) is 9.20. The molecule has 2 aromatic heterocycles. The van der Waals surface area contributed by atoms with E-state index in [0.29, 0.717) is 39.2 Å². The lowest BCUT2D eigenvalue weighted by Crippen LogP contribution is -2.44. The van der Waals surface area contributed by atoms with Crippen molar-refractivity contribution in [3.8, 4) is 11.3 Å². The molecule has 3 aromatic rings. The number of thioether (sulfide) groups is 1. The number of carbonyl (C=O) groups excluding carboxylic acids is 2. The van der Waals surface area contributed by atoms with Crippen LogP contribution in [0.4, 0.5) is 10.5 Å². The van der Waals surface area contributed by atoms with E-state index in [1.165, 1.54) is 17.3 Å². The normalized spacial score (nSPS) is 20.7. The number of amides is 2. The molecular formula is C29H29N3O6S. The largest absolute Gasteiger partial charge is 0.480 e. The molecule has 202 valence electrons. The molecule has 0 aliphatic carbocycles. The second kappa shape index (κ2) is 8.61. The van der Waals surface area contributed by atoms with Crippen molar-refractivity contribution < 1.29 is 23.9 Å². The third kappa shape index (κ3) is 4.09. The lowest BCUT2D eigenvalue weighted by molar-refractivity contribution is -0.140. The number of imide groups is 1. The summed E-state index contributed by atoms with van der Waals surface area (Å²) in [6.07, 6.45) is 3.51. The zero-order chi connectivity index (χ0) is 27.9. The highest BCUT2D eigenvalue weighted by Gasteiger charge is 2.42. The van der Waals surface area contributed by atoms with Gasteiger partial charge in [0, 0.05) is 35.4 Å². The fourth-order valence-corrected chi connectivity index (χ4v) is 6.73. The minimum atomic E-state index is -1.27. The molecule has 0 saturated carbocycles. The van der Waals surface area contributed by atoms with Crippen molar-refractivity contribution >= 4 is 51.6 Å². The molecule has 2 N–H and O–H groups in total. The molecule has 0 unspecified atom stereocenters. The molecule has 0 spiro atoms. The van der Waals surface area contributed by atoms with Gasteiger partial charge in [-0.15, -0.1) is 0 Å². The second-order valence-electron chi connectivity index (χ2n) is 11.8. The number of aromatic amines is 1. The number of carbonyl (C=O) groups is 3. The molecule has 0 atom stereocenters. The molecule has 0 bridgehead atoms. The molecule has 6 rings (SSSR count). The molecule has 9 nitrogen and oxygen atoms in total. The van der Waals surface area contributed by atoms with Crippen LogP contribution in [0, 0.1) is 0 Å². The maximum absolute atomic E-state index is 13.3. The first-order chi connectivity index (χ1) is 18.4. The van der Waals surface area contributed by atoms with Gasteiger partial charge in [-0.2, -0.15) is 0 Å². The Labute approximate surface area is 228 Å². The number of carboxylic acids is 1. The third-order valence-corrected chi connectivity index (χ3v) is 9.09. The summed E-state index contributed by atoms with van der Waals surface area (Å²) in [6.45, 7) is 10.2. The lowest BCUT2D eigenvalue weighted by Gasteiger charge is -2.48. The van der Waals surface area contributed by atoms with Gasteiger partial charge >= 0.3 is 11.6 Å². The number of anilines is 1. The standard InChI is InChI=1S/C29H29N3O6S/c1-28(2)7-9-31-10-8-29(3,4)22-23(31)18(28)12-15-11-17(26(36)38-24(15)22)19-6-5-16(30-19)13-20-25(35)32(14-21(33)34)27(37)39-20/h5-6,11-13,30H,7-10,14H2,1-4H3,(H,33,34)/b20-13-. The Kier molecular flexibility index (Phi) is 5.62. The molecule has 3 aliphatic rings. The fourth-order valence-electron chi connectivity index (χ4n) is 5.91. The van der Waals surface area contributed by atoms with Crippen molar-refractivity contribution in [1.82, 2.24) is 9.88 Å². The van der Waals surface area contributed by atoms with Crippen LogP contribution in [0.15, 0.2) is 38.4 Å². The number of nitrogens with zero attached hydrogens (tertiary/aromatic N) is 2. The van der Waals surface area contributed by atoms with E-state index in [1.54, 1.807) is 12.1 Å². The number of carboxylic acid groups (broad SMARTS) is 1. The van der Waals surface area contributed by atoms with Gasteiger partial charge in [-0.25, -0.2) is 4.79 Å². The predicted octanol–water partition coefficient (Wildman–Crippen LogP) is 5.08. The fraction of sp³-hybridized carbons (Fsp3) is 0.379. The number of benzene rings is 1. The van der Waals surface area contributed by atoms with Crippen LogP contribution in [0.25, 0.3) is 28.3 Å². The number of rotatable bonds is 4. The van der Waals surface area contributed by atoms with Crippen LogP contribution < -0.4 is 10.5 Å². The minimum absolute atomic E-state index is 0.0122. The highest BCUT2D eigenvalue weighted by atomic mass is 32.2. The summed E-state index contributed by atoms with van der Waals surface area (Å²) < 4.78 is 6.06. The van der Waals surface area contributed by atoms with E-state index in [9.17, 15) is 19.2 Å². The van der Waals surface area contributed by atoms with Gasteiger partial charge in [0.15, 0.2) is 0 Å². The van der Waals surface area contributed by atoms with Crippen LogP contribution in [0.1, 0.15) is 57.4 Å². The van der Waals surface area contributed by atoms with Gasteiger partial charge in [0.25, 0.3) is 11.1 Å². The quantitative estimate of drug-likeness (QED) is 0.342. The van der Waals surface area contributed by atoms with Crippen molar-refractivity contribution in [1.29, 1.82) is 0 Å². The summed E-state index contributed by atoms with van der Waals surface area (Å²) >= 11 is 0.682. The number of hydrogen-bond acceptors (Lipinski definition) is 7. The SMILES string of the molecule is CC1(C)CCN2CCC(C)(C)c3c2c1cc1cc(-c2ccc(/C=C4\SC(=O)N(CC(=O)O)C4=O)[nH]2)c(=O)oc31. The number of fused-ring (bicyclic) bond motifs is 2. The molecule has 39 heavy (non-hydrogen) atoms. The molecule has 1 aromatic carbocycles. The molecule has 1 fully saturated rings. The van der Waals surface area contributed by atoms with Gasteiger partial charge in [-0.05, 0) is 71.3 Å². The van der Waals surface area contributed by atoms with Crippen LogP contribution in [0.5, 0.6) is 0 Å². The highest BCUT2D eigenvalue weighted by Crippen LogP contribution is 2.51. The number of aliphatic carboxylic acids is 1. The zero-order valence-corrected chi connectivity index (χ0v) is 23.0. The van der Waals surface area contributed by atoms with Crippen molar-refractivity contribution in [2.75, 3.05) is 24.5 Å². The Morgan fingerprint density at radius 2 is 1.82 bits per heavy atom. The average Bonchev–Trinajstić information content (AvgIpc) is 3.41. The topological polar surface area (TPSA) is 124 Å². The molecule has 3 aliphatic heterocycles. The van der Waals surface area contributed by atoms with Crippen LogP contribution in [-0.4, -0.2) is 51.7 Å². The Hall–Kier alpha value is -3.79. The lowest BCUT2D eigenvalue weighted by atomic mass is 9.69. The van der Waals surface area contributed by atoms with Crippen LogP contribution >= 0.6 is 11.8 Å². The van der Waals surface area contributed by atoms with Crippen LogP contribution in [-0.2, 0) is 20.4 Å². The van der Waals surface area contributed by atoms with Crippen LogP contribution in [0.3, 0.4) is 0 Å². The summed E-state index contributed by atoms with van der Waals surface area (Å²) in [4.78, 5) is 55.3. The maximum atomic E-state index is 13.3. The summed E-state index contributed by atoms with van der Waals surface area (Å²) in [6, 6.07) is 7.46. The zero-order valence-electron chi connectivity index (χ0n) is 22.2. The average molecular weight is 548 g/mol. The molecular weight excluding hydrogens is 518 g/mol. The minimum Gasteiger partial charge on any atom is -0.480 e. The van der Waals surface area contributed by atoms with Gasteiger partial charge in [0.2, 0.25) is 0 Å². The molecule has 5 heterocycles. The summed E-state index contributed by atoms with van der Waals surface area (Å²) in [7, 11) is 0. The van der Waals surface area contributed by atoms with Crippen molar-refractivity contribution in [2.24, 2.45) is 0 Å². The smallest absolute Gasteiger partial charge is 0.345 e. The van der Waals surface area contributed by atoms with E-state index < -0.39 is 29.3 Å². The first-order valence-electron chi connectivity index (χ1n) is 12.9. The first kappa shape index (κ1) is 25.5. The monoisotopic (exact) mass is 547 g/mol. The Morgan fingerprint density at radius 1 is 1.10 bits per heavy atom. The molecule has 2 amide bonds. The maximum Gasteiger partial charge on any atom is 0.345 e. The van der Waals surface area contributed by atoms with Gasteiger partial charge < -0.3 is 19.4 Å². The van der Waals surface area contributed by atoms with E-state index in [-0.39, 0.29) is 15.7 Å². The number of aromatic nitrogens is 1. The summed E-state index contributed by atoms with van der Waals surface area (Å²) in [5.74, 6) is -1.93. The van der Waals surface area contributed by atoms with Gasteiger partial charge in [0.1, 0.15) is 12.1 Å². The molecule has 10 heteroatoms. The van der Waals surface area contributed by atoms with Crippen LogP contribution in [0.2, 0.25) is 0 Å².